The summed E-state index contributed by atoms with van der Waals surface area (Å²) in [5.74, 6) is -1.37. The van der Waals surface area contributed by atoms with Gasteiger partial charge in [-0.3, -0.25) is 4.79 Å². The van der Waals surface area contributed by atoms with Crippen LogP contribution in [-0.4, -0.2) is 30.5 Å². The standard InChI is InChI=1S/C15H21ClO4S/c1-2-21(19,20)14(15(17)18)7-5-3-4-6-12-8-10-13(16)11-9-12/h8-11,14H,2-7H2,1H3,(H,17,18). The van der Waals surface area contributed by atoms with Gasteiger partial charge in [-0.05, 0) is 37.0 Å². The van der Waals surface area contributed by atoms with Crippen LogP contribution >= 0.6 is 11.6 Å². The van der Waals surface area contributed by atoms with Crippen molar-refractivity contribution in [1.29, 1.82) is 0 Å². The lowest BCUT2D eigenvalue weighted by Crippen LogP contribution is -2.31. The van der Waals surface area contributed by atoms with Gasteiger partial charge in [-0.25, -0.2) is 8.42 Å². The molecule has 0 amide bonds. The molecule has 21 heavy (non-hydrogen) atoms. The summed E-state index contributed by atoms with van der Waals surface area (Å²) >= 11 is 5.80. The second-order valence-corrected chi connectivity index (χ2v) is 7.91. The van der Waals surface area contributed by atoms with E-state index in [1.54, 1.807) is 0 Å². The predicted octanol–water partition coefficient (Wildman–Crippen LogP) is 3.33. The van der Waals surface area contributed by atoms with Crippen LogP contribution in [0.1, 0.15) is 38.2 Å². The molecule has 0 heterocycles. The number of sulfone groups is 1. The first-order valence-electron chi connectivity index (χ1n) is 7.05. The number of hydrogen-bond acceptors (Lipinski definition) is 3. The molecule has 1 atom stereocenters. The van der Waals surface area contributed by atoms with Gasteiger partial charge in [-0.15, -0.1) is 0 Å². The Balaban J connectivity index is 2.35. The average Bonchev–Trinajstić information content (AvgIpc) is 2.44. The van der Waals surface area contributed by atoms with Gasteiger partial charge < -0.3 is 5.11 Å². The van der Waals surface area contributed by atoms with Crippen LogP contribution in [0.3, 0.4) is 0 Å². The number of carboxylic acid groups (broad SMARTS) is 1. The minimum atomic E-state index is -3.52. The average molecular weight is 333 g/mol. The summed E-state index contributed by atoms with van der Waals surface area (Å²) in [5, 5.41) is 8.44. The second-order valence-electron chi connectivity index (χ2n) is 5.00. The SMILES string of the molecule is CCS(=O)(=O)C(CCCCCc1ccc(Cl)cc1)C(=O)O. The Kier molecular flexibility index (Phi) is 7.18. The third-order valence-electron chi connectivity index (χ3n) is 3.46. The van der Waals surface area contributed by atoms with Gasteiger partial charge in [0.25, 0.3) is 0 Å². The van der Waals surface area contributed by atoms with Gasteiger partial charge in [-0.1, -0.05) is 43.5 Å². The summed E-state index contributed by atoms with van der Waals surface area (Å²) in [4.78, 5) is 11.0. The van der Waals surface area contributed by atoms with E-state index in [2.05, 4.69) is 0 Å². The molecule has 0 saturated heterocycles. The van der Waals surface area contributed by atoms with Gasteiger partial charge in [-0.2, -0.15) is 0 Å². The molecule has 0 fully saturated rings. The molecule has 4 nitrogen and oxygen atoms in total. The molecule has 1 aromatic rings. The predicted molar refractivity (Wildman–Crippen MR) is 84.5 cm³/mol. The van der Waals surface area contributed by atoms with Gasteiger partial charge in [0.2, 0.25) is 0 Å². The molecule has 0 aliphatic carbocycles. The van der Waals surface area contributed by atoms with E-state index in [0.717, 1.165) is 19.3 Å². The lowest BCUT2D eigenvalue weighted by atomic mass is 10.1. The maximum Gasteiger partial charge on any atom is 0.321 e. The van der Waals surface area contributed by atoms with E-state index in [-0.39, 0.29) is 12.2 Å². The zero-order chi connectivity index (χ0) is 15.9. The number of carboxylic acids is 1. The molecule has 0 aromatic heterocycles. The third kappa shape index (κ3) is 6.06. The fourth-order valence-corrected chi connectivity index (χ4v) is 3.51. The number of carbonyl (C=O) groups is 1. The van der Waals surface area contributed by atoms with Crippen LogP contribution in [0.25, 0.3) is 0 Å². The van der Waals surface area contributed by atoms with Gasteiger partial charge >= 0.3 is 5.97 Å². The monoisotopic (exact) mass is 332 g/mol. The maximum absolute atomic E-state index is 11.7. The molecule has 0 saturated carbocycles. The van der Waals surface area contributed by atoms with Crippen LogP contribution in [0.5, 0.6) is 0 Å². The molecular weight excluding hydrogens is 312 g/mol. The van der Waals surface area contributed by atoms with Crippen molar-refractivity contribution in [3.05, 3.63) is 34.9 Å². The molecule has 0 radical (unpaired) electrons. The first-order chi connectivity index (χ1) is 9.86. The quantitative estimate of drug-likeness (QED) is 0.704. The number of hydrogen-bond donors (Lipinski definition) is 1. The van der Waals surface area contributed by atoms with Crippen LogP contribution in [0, 0.1) is 0 Å². The Labute approximate surface area is 131 Å². The van der Waals surface area contributed by atoms with E-state index < -0.39 is 21.1 Å². The van der Waals surface area contributed by atoms with Crippen molar-refractivity contribution in [3.63, 3.8) is 0 Å². The molecule has 0 aliphatic rings. The smallest absolute Gasteiger partial charge is 0.321 e. The van der Waals surface area contributed by atoms with Crippen molar-refractivity contribution in [2.45, 2.75) is 44.3 Å². The van der Waals surface area contributed by atoms with E-state index >= 15 is 0 Å². The summed E-state index contributed by atoms with van der Waals surface area (Å²) in [6.07, 6.45) is 3.39. The topological polar surface area (TPSA) is 71.4 Å². The van der Waals surface area contributed by atoms with Crippen molar-refractivity contribution >= 4 is 27.4 Å². The molecule has 1 aromatic carbocycles. The van der Waals surface area contributed by atoms with Gasteiger partial charge in [0, 0.05) is 10.8 Å². The van der Waals surface area contributed by atoms with E-state index in [9.17, 15) is 13.2 Å². The first kappa shape index (κ1) is 18.0. The summed E-state index contributed by atoms with van der Waals surface area (Å²) < 4.78 is 23.3. The molecule has 1 unspecified atom stereocenters. The molecule has 118 valence electrons. The fraction of sp³-hybridized carbons (Fsp3) is 0.533. The molecule has 0 aliphatic heterocycles. The Bertz CT molecular complexity index is 552. The molecule has 1 N–H and O–H groups in total. The molecule has 1 rings (SSSR count). The first-order valence-corrected chi connectivity index (χ1v) is 9.15. The highest BCUT2D eigenvalue weighted by Gasteiger charge is 2.30. The van der Waals surface area contributed by atoms with Gasteiger partial charge in [0.05, 0.1) is 0 Å². The second kappa shape index (κ2) is 8.39. The summed E-state index contributed by atoms with van der Waals surface area (Å²) in [6.45, 7) is 1.48. The Morgan fingerprint density at radius 2 is 1.81 bits per heavy atom. The Morgan fingerprint density at radius 3 is 2.33 bits per heavy atom. The summed E-state index contributed by atoms with van der Waals surface area (Å²) in [5.41, 5.74) is 1.18. The van der Waals surface area contributed by atoms with Crippen LogP contribution in [0.4, 0.5) is 0 Å². The summed E-state index contributed by atoms with van der Waals surface area (Å²) in [6, 6.07) is 7.60. The van der Waals surface area contributed by atoms with E-state index in [1.165, 1.54) is 12.5 Å². The Hall–Kier alpha value is -1.07. The largest absolute Gasteiger partial charge is 0.480 e. The van der Waals surface area contributed by atoms with Crippen molar-refractivity contribution in [3.8, 4) is 0 Å². The lowest BCUT2D eigenvalue weighted by molar-refractivity contribution is -0.136. The number of rotatable bonds is 9. The van der Waals surface area contributed by atoms with Crippen molar-refractivity contribution in [2.75, 3.05) is 5.75 Å². The Morgan fingerprint density at radius 1 is 1.19 bits per heavy atom. The van der Waals surface area contributed by atoms with Crippen molar-refractivity contribution in [1.82, 2.24) is 0 Å². The lowest BCUT2D eigenvalue weighted by Gasteiger charge is -2.11. The number of benzene rings is 1. The molecular formula is C15H21ClO4S. The summed E-state index contributed by atoms with van der Waals surface area (Å²) in [7, 11) is -3.52. The zero-order valence-electron chi connectivity index (χ0n) is 12.1. The third-order valence-corrected chi connectivity index (χ3v) is 5.82. The minimum absolute atomic E-state index is 0.130. The zero-order valence-corrected chi connectivity index (χ0v) is 13.7. The van der Waals surface area contributed by atoms with Crippen LogP contribution < -0.4 is 0 Å². The van der Waals surface area contributed by atoms with Crippen LogP contribution in [0.15, 0.2) is 24.3 Å². The van der Waals surface area contributed by atoms with E-state index in [1.807, 2.05) is 24.3 Å². The van der Waals surface area contributed by atoms with Gasteiger partial charge in [0.15, 0.2) is 15.1 Å². The highest BCUT2D eigenvalue weighted by atomic mass is 35.5. The van der Waals surface area contributed by atoms with E-state index in [0.29, 0.717) is 11.4 Å². The highest BCUT2D eigenvalue weighted by Crippen LogP contribution is 2.15. The van der Waals surface area contributed by atoms with Crippen molar-refractivity contribution < 1.29 is 18.3 Å². The molecule has 0 bridgehead atoms. The molecule has 0 spiro atoms. The molecule has 6 heteroatoms. The van der Waals surface area contributed by atoms with Crippen molar-refractivity contribution in [2.24, 2.45) is 0 Å². The van der Waals surface area contributed by atoms with Crippen LogP contribution in [0.2, 0.25) is 5.02 Å². The van der Waals surface area contributed by atoms with E-state index in [4.69, 9.17) is 16.7 Å². The highest BCUT2D eigenvalue weighted by molar-refractivity contribution is 7.92. The minimum Gasteiger partial charge on any atom is -0.480 e. The maximum atomic E-state index is 11.7. The van der Waals surface area contributed by atoms with Gasteiger partial charge in [0.1, 0.15) is 0 Å². The number of halogens is 1. The van der Waals surface area contributed by atoms with Crippen LogP contribution in [-0.2, 0) is 21.1 Å². The normalized spacial score (nSPS) is 13.0. The number of aliphatic carboxylic acids is 1. The number of unbranched alkanes of at least 4 members (excludes halogenated alkanes) is 2. The fourth-order valence-electron chi connectivity index (χ4n) is 2.14. The number of aryl methyl sites for hydroxylation is 1.